The van der Waals surface area contributed by atoms with Crippen molar-refractivity contribution in [1.29, 1.82) is 0 Å². The second-order valence-corrected chi connectivity index (χ2v) is 4.34. The van der Waals surface area contributed by atoms with Crippen LogP contribution in [0.5, 0.6) is 5.75 Å². The molecule has 1 heterocycles. The number of nitrogens with one attached hydrogen (secondary N) is 2. The lowest BCUT2D eigenvalue weighted by atomic mass is 10.1. The number of amides is 1. The number of para-hydroxylation sites is 1. The van der Waals surface area contributed by atoms with Crippen LogP contribution in [-0.4, -0.2) is 25.9 Å². The number of aromatic nitrogens is 2. The number of nitro groups is 1. The Labute approximate surface area is 120 Å². The molecule has 0 spiro atoms. The Balaban J connectivity index is 2.24. The molecular formula is C13H14N4O4. The Hall–Kier alpha value is -2.90. The first kappa shape index (κ1) is 14.5. The lowest BCUT2D eigenvalue weighted by molar-refractivity contribution is -0.385. The first-order valence-corrected chi connectivity index (χ1v) is 6.31. The van der Waals surface area contributed by atoms with Crippen LogP contribution in [0.2, 0.25) is 0 Å². The zero-order valence-corrected chi connectivity index (χ0v) is 11.2. The van der Waals surface area contributed by atoms with E-state index in [-0.39, 0.29) is 11.6 Å². The van der Waals surface area contributed by atoms with Gasteiger partial charge in [0.25, 0.3) is 5.91 Å². The molecule has 21 heavy (non-hydrogen) atoms. The Morgan fingerprint density at radius 1 is 1.57 bits per heavy atom. The third-order valence-corrected chi connectivity index (χ3v) is 3.02. The minimum atomic E-state index is -0.740. The van der Waals surface area contributed by atoms with E-state index in [4.69, 9.17) is 0 Å². The summed E-state index contributed by atoms with van der Waals surface area (Å²) in [6.07, 6.45) is 3.78. The highest BCUT2D eigenvalue weighted by Gasteiger charge is 2.23. The van der Waals surface area contributed by atoms with Crippen LogP contribution in [0.1, 0.15) is 35.6 Å². The van der Waals surface area contributed by atoms with Gasteiger partial charge in [-0.2, -0.15) is 0 Å². The molecule has 0 saturated heterocycles. The first-order valence-electron chi connectivity index (χ1n) is 6.31. The van der Waals surface area contributed by atoms with Gasteiger partial charge in [0.1, 0.15) is 5.82 Å². The summed E-state index contributed by atoms with van der Waals surface area (Å²) >= 11 is 0. The highest BCUT2D eigenvalue weighted by Crippen LogP contribution is 2.29. The van der Waals surface area contributed by atoms with Gasteiger partial charge in [-0.1, -0.05) is 13.0 Å². The molecule has 8 nitrogen and oxygen atoms in total. The molecule has 1 unspecified atom stereocenters. The molecule has 0 aliphatic heterocycles. The summed E-state index contributed by atoms with van der Waals surface area (Å²) in [5.74, 6) is -0.662. The molecule has 2 aromatic rings. The third kappa shape index (κ3) is 2.99. The minimum Gasteiger partial charge on any atom is -0.502 e. The van der Waals surface area contributed by atoms with Crippen LogP contribution in [0, 0.1) is 10.1 Å². The fourth-order valence-electron chi connectivity index (χ4n) is 1.93. The maximum atomic E-state index is 12.2. The molecule has 0 aliphatic rings. The van der Waals surface area contributed by atoms with Crippen molar-refractivity contribution in [2.45, 2.75) is 19.4 Å². The summed E-state index contributed by atoms with van der Waals surface area (Å²) in [5, 5.41) is 23.3. The normalized spacial score (nSPS) is 11.9. The number of benzene rings is 1. The van der Waals surface area contributed by atoms with Crippen LogP contribution in [0.4, 0.5) is 5.69 Å². The van der Waals surface area contributed by atoms with Gasteiger partial charge >= 0.3 is 5.69 Å². The molecular weight excluding hydrogens is 276 g/mol. The summed E-state index contributed by atoms with van der Waals surface area (Å²) in [5.41, 5.74) is -0.650. The fraction of sp³-hybridized carbons (Fsp3) is 0.231. The van der Waals surface area contributed by atoms with Gasteiger partial charge in [-0.3, -0.25) is 14.9 Å². The van der Waals surface area contributed by atoms with Crippen LogP contribution in [-0.2, 0) is 0 Å². The van der Waals surface area contributed by atoms with E-state index in [0.717, 1.165) is 6.07 Å². The lowest BCUT2D eigenvalue weighted by Crippen LogP contribution is -2.29. The van der Waals surface area contributed by atoms with Gasteiger partial charge in [-0.15, -0.1) is 0 Å². The van der Waals surface area contributed by atoms with E-state index in [1.165, 1.54) is 12.1 Å². The standard InChI is InChI=1S/C13H14N4O4/c1-2-9(12-14-6-7-15-12)16-13(19)8-4-3-5-10(11(8)18)17(20)21/h3-7,9,18H,2H2,1H3,(H,14,15)(H,16,19). The summed E-state index contributed by atoms with van der Waals surface area (Å²) in [4.78, 5) is 29.1. The van der Waals surface area contributed by atoms with Crippen molar-refractivity contribution < 1.29 is 14.8 Å². The Kier molecular flexibility index (Phi) is 4.17. The number of nitrogens with zero attached hydrogens (tertiary/aromatic N) is 2. The predicted octanol–water partition coefficient (Wildman–Crippen LogP) is 1.90. The fourth-order valence-corrected chi connectivity index (χ4v) is 1.93. The molecule has 1 aromatic heterocycles. The van der Waals surface area contributed by atoms with Gasteiger partial charge < -0.3 is 15.4 Å². The number of aromatic amines is 1. The van der Waals surface area contributed by atoms with Gasteiger partial charge in [0.05, 0.1) is 16.5 Å². The molecule has 8 heteroatoms. The molecule has 1 aromatic carbocycles. The van der Waals surface area contributed by atoms with Gasteiger partial charge in [0.2, 0.25) is 5.75 Å². The summed E-state index contributed by atoms with van der Waals surface area (Å²) in [6, 6.07) is 3.44. The monoisotopic (exact) mass is 290 g/mol. The van der Waals surface area contributed by atoms with Gasteiger partial charge in [0, 0.05) is 18.5 Å². The van der Waals surface area contributed by atoms with Gasteiger partial charge in [-0.25, -0.2) is 4.98 Å². The molecule has 0 saturated carbocycles. The van der Waals surface area contributed by atoms with Crippen LogP contribution in [0.25, 0.3) is 0 Å². The predicted molar refractivity (Wildman–Crippen MR) is 73.8 cm³/mol. The number of phenols is 1. The van der Waals surface area contributed by atoms with E-state index >= 15 is 0 Å². The van der Waals surface area contributed by atoms with Crippen molar-refractivity contribution in [3.05, 3.63) is 52.1 Å². The van der Waals surface area contributed by atoms with Crippen molar-refractivity contribution in [3.8, 4) is 5.75 Å². The number of hydrogen-bond donors (Lipinski definition) is 3. The van der Waals surface area contributed by atoms with Crippen molar-refractivity contribution in [2.24, 2.45) is 0 Å². The largest absolute Gasteiger partial charge is 0.502 e. The maximum absolute atomic E-state index is 12.2. The zero-order valence-electron chi connectivity index (χ0n) is 11.2. The molecule has 1 atom stereocenters. The number of rotatable bonds is 5. The quantitative estimate of drug-likeness (QED) is 0.573. The summed E-state index contributed by atoms with van der Waals surface area (Å²) in [6.45, 7) is 1.86. The molecule has 0 aliphatic carbocycles. The van der Waals surface area contributed by atoms with Gasteiger partial charge in [-0.05, 0) is 12.5 Å². The number of nitro benzene ring substituents is 1. The maximum Gasteiger partial charge on any atom is 0.311 e. The molecule has 110 valence electrons. The number of phenolic OH excluding ortho intramolecular Hbond substituents is 1. The average molecular weight is 290 g/mol. The summed E-state index contributed by atoms with van der Waals surface area (Å²) in [7, 11) is 0. The number of aromatic hydroxyl groups is 1. The van der Waals surface area contributed by atoms with Crippen molar-refractivity contribution in [1.82, 2.24) is 15.3 Å². The minimum absolute atomic E-state index is 0.144. The molecule has 3 N–H and O–H groups in total. The van der Waals surface area contributed by atoms with E-state index in [0.29, 0.717) is 12.2 Å². The zero-order chi connectivity index (χ0) is 15.4. The van der Waals surface area contributed by atoms with Crippen molar-refractivity contribution in [2.75, 3.05) is 0 Å². The van der Waals surface area contributed by atoms with Gasteiger partial charge in [0.15, 0.2) is 0 Å². The topological polar surface area (TPSA) is 121 Å². The Morgan fingerprint density at radius 2 is 2.33 bits per heavy atom. The highest BCUT2D eigenvalue weighted by molar-refractivity contribution is 5.98. The number of hydrogen-bond acceptors (Lipinski definition) is 5. The second-order valence-electron chi connectivity index (χ2n) is 4.34. The van der Waals surface area contributed by atoms with E-state index in [1.54, 1.807) is 12.4 Å². The van der Waals surface area contributed by atoms with Crippen LogP contribution < -0.4 is 5.32 Å². The van der Waals surface area contributed by atoms with Crippen molar-refractivity contribution in [3.63, 3.8) is 0 Å². The Morgan fingerprint density at radius 3 is 2.90 bits per heavy atom. The molecule has 1 amide bonds. The van der Waals surface area contributed by atoms with Crippen LogP contribution in [0.3, 0.4) is 0 Å². The van der Waals surface area contributed by atoms with E-state index in [2.05, 4.69) is 15.3 Å². The van der Waals surface area contributed by atoms with E-state index < -0.39 is 22.3 Å². The molecule has 0 radical (unpaired) electrons. The average Bonchev–Trinajstić information content (AvgIpc) is 2.98. The van der Waals surface area contributed by atoms with Crippen LogP contribution in [0.15, 0.2) is 30.6 Å². The van der Waals surface area contributed by atoms with Crippen LogP contribution >= 0.6 is 0 Å². The SMILES string of the molecule is CCC(NC(=O)c1cccc([N+](=O)[O-])c1O)c1ncc[nH]1. The molecule has 0 bridgehead atoms. The number of carbonyl (C=O) groups excluding carboxylic acids is 1. The van der Waals surface area contributed by atoms with E-state index in [9.17, 15) is 20.0 Å². The second kappa shape index (κ2) is 6.04. The highest BCUT2D eigenvalue weighted by atomic mass is 16.6. The summed E-state index contributed by atoms with van der Waals surface area (Å²) < 4.78 is 0. The molecule has 2 rings (SSSR count). The smallest absolute Gasteiger partial charge is 0.311 e. The van der Waals surface area contributed by atoms with E-state index in [1.807, 2.05) is 6.92 Å². The third-order valence-electron chi connectivity index (χ3n) is 3.02. The Bertz CT molecular complexity index is 654. The first-order chi connectivity index (χ1) is 10.0. The lowest BCUT2D eigenvalue weighted by Gasteiger charge is -2.15. The number of imidazole rings is 1. The number of H-pyrrole nitrogens is 1. The van der Waals surface area contributed by atoms with Crippen molar-refractivity contribution >= 4 is 11.6 Å². The molecule has 0 fully saturated rings. The number of carbonyl (C=O) groups is 1.